The second kappa shape index (κ2) is 6.68. The van der Waals surface area contributed by atoms with Gasteiger partial charge in [-0.1, -0.05) is 0 Å². The molecular weight excluding hydrogens is 256 g/mol. The average Bonchev–Trinajstić information content (AvgIpc) is 2.48. The number of rotatable bonds is 5. The molecule has 0 unspecified atom stereocenters. The van der Waals surface area contributed by atoms with Crippen molar-refractivity contribution < 1.29 is 14.3 Å². The molecule has 1 N–H and O–H groups in total. The van der Waals surface area contributed by atoms with Gasteiger partial charge in [0.05, 0.1) is 25.0 Å². The molecule has 20 heavy (non-hydrogen) atoms. The van der Waals surface area contributed by atoms with Crippen LogP contribution in [0.1, 0.15) is 16.1 Å². The zero-order valence-corrected chi connectivity index (χ0v) is 11.4. The van der Waals surface area contributed by atoms with Gasteiger partial charge in [0.2, 0.25) is 0 Å². The van der Waals surface area contributed by atoms with E-state index in [0.29, 0.717) is 12.2 Å². The average molecular weight is 272 g/mol. The van der Waals surface area contributed by atoms with E-state index >= 15 is 0 Å². The summed E-state index contributed by atoms with van der Waals surface area (Å²) in [6.45, 7) is 0.469. The van der Waals surface area contributed by atoms with E-state index in [1.807, 2.05) is 24.3 Å². The van der Waals surface area contributed by atoms with E-state index in [9.17, 15) is 4.79 Å². The van der Waals surface area contributed by atoms with Crippen LogP contribution < -0.4 is 5.32 Å². The number of nitrogens with one attached hydrogen (secondary N) is 1. The lowest BCUT2D eigenvalue weighted by atomic mass is 10.2. The first-order chi connectivity index (χ1) is 9.72. The molecule has 0 amide bonds. The van der Waals surface area contributed by atoms with Crippen LogP contribution in [-0.4, -0.2) is 25.2 Å². The van der Waals surface area contributed by atoms with E-state index in [4.69, 9.17) is 4.74 Å². The summed E-state index contributed by atoms with van der Waals surface area (Å²) in [6, 6.07) is 10.9. The van der Waals surface area contributed by atoms with E-state index in [1.165, 1.54) is 7.11 Å². The van der Waals surface area contributed by atoms with Crippen molar-refractivity contribution >= 4 is 17.3 Å². The van der Waals surface area contributed by atoms with Crippen molar-refractivity contribution in [2.24, 2.45) is 0 Å². The number of aromatic nitrogens is 1. The maximum atomic E-state index is 11.3. The van der Waals surface area contributed by atoms with Gasteiger partial charge in [0, 0.05) is 24.7 Å². The van der Waals surface area contributed by atoms with Gasteiger partial charge in [-0.2, -0.15) is 0 Å². The Hall–Kier alpha value is -2.40. The van der Waals surface area contributed by atoms with Crippen LogP contribution in [0.3, 0.4) is 0 Å². The normalized spacial score (nSPS) is 10.1. The summed E-state index contributed by atoms with van der Waals surface area (Å²) in [5.74, 6) is -0.345. The molecule has 0 radical (unpaired) electrons. The molecule has 2 aromatic rings. The lowest BCUT2D eigenvalue weighted by Gasteiger charge is -2.08. The third-order valence-corrected chi connectivity index (χ3v) is 2.70. The lowest BCUT2D eigenvalue weighted by molar-refractivity contribution is 0.0601. The van der Waals surface area contributed by atoms with Crippen molar-refractivity contribution in [2.45, 2.75) is 6.61 Å². The molecule has 0 saturated heterocycles. The predicted molar refractivity (Wildman–Crippen MR) is 76.0 cm³/mol. The second-order valence-electron chi connectivity index (χ2n) is 4.16. The minimum Gasteiger partial charge on any atom is -0.465 e. The van der Waals surface area contributed by atoms with E-state index in [-0.39, 0.29) is 5.97 Å². The van der Waals surface area contributed by atoms with Crippen LogP contribution in [0.25, 0.3) is 0 Å². The largest absolute Gasteiger partial charge is 0.465 e. The summed E-state index contributed by atoms with van der Waals surface area (Å²) in [5, 5.41) is 3.24. The number of carbonyl (C=O) groups is 1. The number of ether oxygens (including phenoxy) is 2. The molecule has 5 nitrogen and oxygen atoms in total. The summed E-state index contributed by atoms with van der Waals surface area (Å²) >= 11 is 0. The van der Waals surface area contributed by atoms with E-state index in [2.05, 4.69) is 15.0 Å². The third kappa shape index (κ3) is 3.55. The summed E-state index contributed by atoms with van der Waals surface area (Å²) in [4.78, 5) is 15.5. The van der Waals surface area contributed by atoms with Crippen LogP contribution in [0.5, 0.6) is 0 Å². The Bertz CT molecular complexity index is 582. The molecule has 0 saturated carbocycles. The van der Waals surface area contributed by atoms with Gasteiger partial charge < -0.3 is 14.8 Å². The number of methoxy groups -OCH3 is 2. The zero-order valence-electron chi connectivity index (χ0n) is 11.4. The number of hydrogen-bond acceptors (Lipinski definition) is 5. The van der Waals surface area contributed by atoms with Gasteiger partial charge in [0.1, 0.15) is 0 Å². The van der Waals surface area contributed by atoms with Crippen LogP contribution in [-0.2, 0) is 16.1 Å². The van der Waals surface area contributed by atoms with Crippen LogP contribution >= 0.6 is 0 Å². The molecule has 0 aliphatic rings. The SMILES string of the molecule is COCc1cc(Nc2ccc(C(=O)OC)cc2)ccn1. The van der Waals surface area contributed by atoms with Gasteiger partial charge in [-0.15, -0.1) is 0 Å². The zero-order chi connectivity index (χ0) is 14.4. The Kier molecular flexibility index (Phi) is 4.68. The molecule has 1 heterocycles. The lowest BCUT2D eigenvalue weighted by Crippen LogP contribution is -2.01. The molecule has 5 heteroatoms. The number of benzene rings is 1. The van der Waals surface area contributed by atoms with Crippen LogP contribution in [0, 0.1) is 0 Å². The van der Waals surface area contributed by atoms with Crippen LogP contribution in [0.4, 0.5) is 11.4 Å². The minimum atomic E-state index is -0.345. The smallest absolute Gasteiger partial charge is 0.337 e. The number of pyridine rings is 1. The number of anilines is 2. The number of esters is 1. The van der Waals surface area contributed by atoms with Crippen molar-refractivity contribution in [1.29, 1.82) is 0 Å². The first-order valence-corrected chi connectivity index (χ1v) is 6.12. The second-order valence-corrected chi connectivity index (χ2v) is 4.16. The molecule has 2 rings (SSSR count). The number of carbonyl (C=O) groups excluding carboxylic acids is 1. The molecule has 0 aliphatic heterocycles. The van der Waals surface area contributed by atoms with Crippen molar-refractivity contribution in [3.63, 3.8) is 0 Å². The Morgan fingerprint density at radius 1 is 1.15 bits per heavy atom. The Morgan fingerprint density at radius 3 is 2.55 bits per heavy atom. The summed E-state index contributed by atoms with van der Waals surface area (Å²) in [7, 11) is 3.00. The third-order valence-electron chi connectivity index (χ3n) is 2.70. The molecule has 104 valence electrons. The highest BCUT2D eigenvalue weighted by molar-refractivity contribution is 5.89. The van der Waals surface area contributed by atoms with E-state index < -0.39 is 0 Å². The number of hydrogen-bond donors (Lipinski definition) is 1. The minimum absolute atomic E-state index is 0.345. The standard InChI is InChI=1S/C15H16N2O3/c1-19-10-14-9-13(7-8-16-14)17-12-5-3-11(4-6-12)15(18)20-2/h3-9H,10H2,1-2H3,(H,16,17). The van der Waals surface area contributed by atoms with E-state index in [1.54, 1.807) is 25.4 Å². The fraction of sp³-hybridized carbons (Fsp3) is 0.200. The first kappa shape index (κ1) is 14.0. The maximum absolute atomic E-state index is 11.3. The maximum Gasteiger partial charge on any atom is 0.337 e. The molecule has 0 atom stereocenters. The quantitative estimate of drug-likeness (QED) is 0.848. The molecule has 0 aliphatic carbocycles. The predicted octanol–water partition coefficient (Wildman–Crippen LogP) is 2.76. The summed E-state index contributed by atoms with van der Waals surface area (Å²) in [5.41, 5.74) is 3.17. The van der Waals surface area contributed by atoms with Crippen LogP contribution in [0.15, 0.2) is 42.6 Å². The van der Waals surface area contributed by atoms with Crippen molar-refractivity contribution in [1.82, 2.24) is 4.98 Å². The number of nitrogens with zero attached hydrogens (tertiary/aromatic N) is 1. The van der Waals surface area contributed by atoms with Gasteiger partial charge in [0.25, 0.3) is 0 Å². The fourth-order valence-corrected chi connectivity index (χ4v) is 1.76. The molecular formula is C15H16N2O3. The van der Waals surface area contributed by atoms with Crippen molar-refractivity contribution in [2.75, 3.05) is 19.5 Å². The highest BCUT2D eigenvalue weighted by Crippen LogP contribution is 2.18. The fourth-order valence-electron chi connectivity index (χ4n) is 1.76. The highest BCUT2D eigenvalue weighted by Gasteiger charge is 2.04. The Labute approximate surface area is 117 Å². The van der Waals surface area contributed by atoms with Gasteiger partial charge in [-0.25, -0.2) is 4.79 Å². The van der Waals surface area contributed by atoms with Crippen LogP contribution in [0.2, 0.25) is 0 Å². The first-order valence-electron chi connectivity index (χ1n) is 6.12. The molecule has 0 bridgehead atoms. The summed E-state index contributed by atoms with van der Waals surface area (Å²) in [6.07, 6.45) is 1.72. The van der Waals surface area contributed by atoms with E-state index in [0.717, 1.165) is 17.1 Å². The topological polar surface area (TPSA) is 60.5 Å². The monoisotopic (exact) mass is 272 g/mol. The molecule has 0 fully saturated rings. The molecule has 1 aromatic heterocycles. The van der Waals surface area contributed by atoms with Gasteiger partial charge in [-0.3, -0.25) is 4.98 Å². The Morgan fingerprint density at radius 2 is 1.90 bits per heavy atom. The van der Waals surface area contributed by atoms with Crippen molar-refractivity contribution in [3.8, 4) is 0 Å². The van der Waals surface area contributed by atoms with Crippen molar-refractivity contribution in [3.05, 3.63) is 53.9 Å². The van der Waals surface area contributed by atoms with Gasteiger partial charge >= 0.3 is 5.97 Å². The Balaban J connectivity index is 2.09. The molecule has 1 aromatic carbocycles. The highest BCUT2D eigenvalue weighted by atomic mass is 16.5. The van der Waals surface area contributed by atoms with Gasteiger partial charge in [-0.05, 0) is 36.4 Å². The summed E-state index contributed by atoms with van der Waals surface area (Å²) < 4.78 is 9.70. The molecule has 0 spiro atoms. The van der Waals surface area contributed by atoms with Gasteiger partial charge in [0.15, 0.2) is 0 Å².